The standard InChI is InChI=1S/C16H12ClN3O4S/c1-10-4-2-5-11(16(21)24-17)14(10)20-25(22,23)13-7-3-6-12-15(13)19-9-8-18-12/h2-9,20H,1H3. The number of hydrogen-bond acceptors (Lipinski definition) is 6. The van der Waals surface area contributed by atoms with Gasteiger partial charge in [0, 0.05) is 12.4 Å². The molecular weight excluding hydrogens is 366 g/mol. The largest absolute Gasteiger partial charge is 0.358 e. The van der Waals surface area contributed by atoms with Crippen molar-refractivity contribution >= 4 is 44.6 Å². The molecule has 0 amide bonds. The van der Waals surface area contributed by atoms with Crippen molar-refractivity contribution in [3.8, 4) is 0 Å². The van der Waals surface area contributed by atoms with Crippen LogP contribution in [-0.2, 0) is 14.3 Å². The van der Waals surface area contributed by atoms with E-state index >= 15 is 0 Å². The van der Waals surface area contributed by atoms with Crippen LogP contribution in [0.5, 0.6) is 0 Å². The molecule has 0 unspecified atom stereocenters. The van der Waals surface area contributed by atoms with Gasteiger partial charge in [0.15, 0.2) is 0 Å². The minimum absolute atomic E-state index is 0.00453. The molecule has 0 aliphatic carbocycles. The highest BCUT2D eigenvalue weighted by molar-refractivity contribution is 7.93. The van der Waals surface area contributed by atoms with E-state index in [1.54, 1.807) is 31.2 Å². The predicted octanol–water partition coefficient (Wildman–Crippen LogP) is 3.05. The summed E-state index contributed by atoms with van der Waals surface area (Å²) >= 11 is 5.13. The van der Waals surface area contributed by atoms with Gasteiger partial charge in [-0.25, -0.2) is 13.2 Å². The maximum atomic E-state index is 12.9. The molecule has 25 heavy (non-hydrogen) atoms. The Balaban J connectivity index is 2.13. The second-order valence-corrected chi connectivity index (χ2v) is 6.95. The van der Waals surface area contributed by atoms with Gasteiger partial charge in [0.25, 0.3) is 10.0 Å². The first-order valence-electron chi connectivity index (χ1n) is 7.09. The minimum Gasteiger partial charge on any atom is -0.343 e. The van der Waals surface area contributed by atoms with Gasteiger partial charge in [0.1, 0.15) is 22.3 Å². The molecule has 1 aromatic heterocycles. The topological polar surface area (TPSA) is 98.2 Å². The smallest absolute Gasteiger partial charge is 0.343 e. The van der Waals surface area contributed by atoms with E-state index in [9.17, 15) is 13.2 Å². The molecule has 0 saturated heterocycles. The summed E-state index contributed by atoms with van der Waals surface area (Å²) in [6.07, 6.45) is 2.88. The lowest BCUT2D eigenvalue weighted by atomic mass is 10.1. The fraction of sp³-hybridized carbons (Fsp3) is 0.0625. The van der Waals surface area contributed by atoms with Crippen LogP contribution in [0.4, 0.5) is 5.69 Å². The number of benzene rings is 2. The molecule has 0 fully saturated rings. The lowest BCUT2D eigenvalue weighted by molar-refractivity contribution is 0.0752. The van der Waals surface area contributed by atoms with E-state index in [2.05, 4.69) is 19.0 Å². The molecule has 9 heteroatoms. The highest BCUT2D eigenvalue weighted by Gasteiger charge is 2.23. The van der Waals surface area contributed by atoms with Crippen LogP contribution in [0.3, 0.4) is 0 Å². The van der Waals surface area contributed by atoms with E-state index < -0.39 is 16.0 Å². The number of hydrogen-bond donors (Lipinski definition) is 1. The van der Waals surface area contributed by atoms with Gasteiger partial charge in [0.2, 0.25) is 0 Å². The summed E-state index contributed by atoms with van der Waals surface area (Å²) < 4.78 is 32.4. The Hall–Kier alpha value is -2.71. The number of rotatable bonds is 4. The maximum absolute atomic E-state index is 12.9. The van der Waals surface area contributed by atoms with E-state index in [0.717, 1.165) is 0 Å². The molecule has 0 bridgehead atoms. The monoisotopic (exact) mass is 377 g/mol. The molecule has 1 heterocycles. The average Bonchev–Trinajstić information content (AvgIpc) is 2.62. The van der Waals surface area contributed by atoms with Crippen molar-refractivity contribution in [2.45, 2.75) is 11.8 Å². The van der Waals surface area contributed by atoms with E-state index in [1.165, 1.54) is 24.5 Å². The first kappa shape index (κ1) is 17.1. The van der Waals surface area contributed by atoms with E-state index in [1.807, 2.05) is 0 Å². The van der Waals surface area contributed by atoms with Crippen molar-refractivity contribution in [1.82, 2.24) is 9.97 Å². The number of para-hydroxylation sites is 2. The zero-order valence-electron chi connectivity index (χ0n) is 12.9. The fourth-order valence-electron chi connectivity index (χ4n) is 2.39. The lowest BCUT2D eigenvalue weighted by Crippen LogP contribution is -2.17. The zero-order chi connectivity index (χ0) is 18.0. The number of fused-ring (bicyclic) bond motifs is 1. The summed E-state index contributed by atoms with van der Waals surface area (Å²) in [4.78, 5) is 19.9. The molecule has 1 N–H and O–H groups in total. The van der Waals surface area contributed by atoms with Crippen LogP contribution in [0.2, 0.25) is 0 Å². The number of carbonyl (C=O) groups excluding carboxylic acids is 1. The molecule has 0 atom stereocenters. The van der Waals surface area contributed by atoms with Gasteiger partial charge in [-0.1, -0.05) is 18.2 Å². The molecule has 3 aromatic rings. The quantitative estimate of drug-likeness (QED) is 0.750. The summed E-state index contributed by atoms with van der Waals surface area (Å²) in [6.45, 7) is 1.66. The van der Waals surface area contributed by atoms with Crippen molar-refractivity contribution in [2.75, 3.05) is 4.72 Å². The number of carbonyl (C=O) groups is 1. The summed E-state index contributed by atoms with van der Waals surface area (Å²) in [5.41, 5.74) is 1.30. The number of sulfonamides is 1. The molecule has 128 valence electrons. The SMILES string of the molecule is Cc1cccc(C(=O)OCl)c1NS(=O)(=O)c1cccc2nccnc12. The molecule has 0 aliphatic heterocycles. The highest BCUT2D eigenvalue weighted by atomic mass is 35.5. The number of nitrogens with one attached hydrogen (secondary N) is 1. The van der Waals surface area contributed by atoms with Gasteiger partial charge in [-0.3, -0.25) is 14.7 Å². The van der Waals surface area contributed by atoms with Gasteiger partial charge in [-0.05, 0) is 30.7 Å². The van der Waals surface area contributed by atoms with Gasteiger partial charge < -0.3 is 4.29 Å². The normalized spacial score (nSPS) is 11.3. The molecule has 0 spiro atoms. The summed E-state index contributed by atoms with van der Waals surface area (Å²) in [6, 6.07) is 9.31. The van der Waals surface area contributed by atoms with Gasteiger partial charge >= 0.3 is 5.97 Å². The Labute approximate surface area is 148 Å². The highest BCUT2D eigenvalue weighted by Crippen LogP contribution is 2.27. The van der Waals surface area contributed by atoms with Crippen LogP contribution in [0.25, 0.3) is 11.0 Å². The van der Waals surface area contributed by atoms with Crippen LogP contribution in [0.15, 0.2) is 53.7 Å². The molecule has 2 aromatic carbocycles. The van der Waals surface area contributed by atoms with Gasteiger partial charge in [-0.2, -0.15) is 0 Å². The number of nitrogens with zero attached hydrogens (tertiary/aromatic N) is 2. The first-order chi connectivity index (χ1) is 11.9. The third kappa shape index (κ3) is 3.26. The molecule has 0 radical (unpaired) electrons. The third-order valence-electron chi connectivity index (χ3n) is 3.55. The Morgan fingerprint density at radius 1 is 1.12 bits per heavy atom. The molecule has 3 rings (SSSR count). The van der Waals surface area contributed by atoms with Crippen molar-refractivity contribution < 1.29 is 17.5 Å². The van der Waals surface area contributed by atoms with E-state index in [-0.39, 0.29) is 21.7 Å². The van der Waals surface area contributed by atoms with E-state index in [4.69, 9.17) is 11.9 Å². The number of aryl methyl sites for hydroxylation is 1. The second kappa shape index (κ2) is 6.66. The maximum Gasteiger partial charge on any atom is 0.358 e. The van der Waals surface area contributed by atoms with Crippen LogP contribution >= 0.6 is 11.9 Å². The Morgan fingerprint density at radius 3 is 2.60 bits per heavy atom. The van der Waals surface area contributed by atoms with E-state index in [0.29, 0.717) is 11.1 Å². The van der Waals surface area contributed by atoms with Crippen LogP contribution < -0.4 is 4.72 Å². The van der Waals surface area contributed by atoms with Crippen LogP contribution in [-0.4, -0.2) is 24.4 Å². The van der Waals surface area contributed by atoms with Crippen molar-refractivity contribution in [3.63, 3.8) is 0 Å². The van der Waals surface area contributed by atoms with Gasteiger partial charge in [-0.15, -0.1) is 0 Å². The number of anilines is 1. The Bertz CT molecular complexity index is 1060. The summed E-state index contributed by atoms with van der Waals surface area (Å²) in [7, 11) is -4.03. The number of halogens is 1. The van der Waals surface area contributed by atoms with Crippen molar-refractivity contribution in [2.24, 2.45) is 0 Å². The molecule has 7 nitrogen and oxygen atoms in total. The van der Waals surface area contributed by atoms with Crippen LogP contribution in [0.1, 0.15) is 15.9 Å². The van der Waals surface area contributed by atoms with Crippen molar-refractivity contribution in [1.29, 1.82) is 0 Å². The van der Waals surface area contributed by atoms with Crippen LogP contribution in [0, 0.1) is 6.92 Å². The fourth-order valence-corrected chi connectivity index (χ4v) is 3.79. The molecular formula is C16H12ClN3O4S. The first-order valence-corrected chi connectivity index (χ1v) is 8.88. The Morgan fingerprint density at radius 2 is 1.84 bits per heavy atom. The minimum atomic E-state index is -4.03. The molecule has 0 aliphatic rings. The Kier molecular flexibility index (Phi) is 4.56. The predicted molar refractivity (Wildman–Crippen MR) is 92.8 cm³/mol. The number of aromatic nitrogens is 2. The zero-order valence-corrected chi connectivity index (χ0v) is 14.5. The third-order valence-corrected chi connectivity index (χ3v) is 5.07. The summed E-state index contributed by atoms with van der Waals surface area (Å²) in [5, 5.41) is 0. The average molecular weight is 378 g/mol. The summed E-state index contributed by atoms with van der Waals surface area (Å²) in [5.74, 6) is -0.860. The lowest BCUT2D eigenvalue weighted by Gasteiger charge is -2.14. The van der Waals surface area contributed by atoms with Gasteiger partial charge in [0.05, 0.1) is 16.8 Å². The molecule has 0 saturated carbocycles. The van der Waals surface area contributed by atoms with Crippen molar-refractivity contribution in [3.05, 3.63) is 59.9 Å². The second-order valence-electron chi connectivity index (χ2n) is 5.15.